The van der Waals surface area contributed by atoms with Crippen molar-refractivity contribution in [2.24, 2.45) is 0 Å². The van der Waals surface area contributed by atoms with E-state index in [1.165, 1.54) is 11.1 Å². The molecule has 0 N–H and O–H groups in total. The van der Waals surface area contributed by atoms with E-state index in [0.717, 1.165) is 56.9 Å². The Kier molecular flexibility index (Phi) is 4.48. The van der Waals surface area contributed by atoms with Crippen LogP contribution in [0.3, 0.4) is 0 Å². The largest absolute Gasteiger partial charge is 0.493 e. The van der Waals surface area contributed by atoms with Crippen molar-refractivity contribution in [1.29, 1.82) is 0 Å². The zero-order valence-electron chi connectivity index (χ0n) is 15.6. The highest BCUT2D eigenvalue weighted by Crippen LogP contribution is 2.45. The molecule has 26 heavy (non-hydrogen) atoms. The summed E-state index contributed by atoms with van der Waals surface area (Å²) in [6.45, 7) is 4.37. The van der Waals surface area contributed by atoms with Gasteiger partial charge in [-0.15, -0.1) is 5.10 Å². The summed E-state index contributed by atoms with van der Waals surface area (Å²) in [5.41, 5.74) is 2.23. The molecule has 0 unspecified atom stereocenters. The van der Waals surface area contributed by atoms with Gasteiger partial charge in [0.05, 0.1) is 26.4 Å². The Morgan fingerprint density at radius 3 is 2.50 bits per heavy atom. The third-order valence-electron chi connectivity index (χ3n) is 5.45. The van der Waals surface area contributed by atoms with E-state index in [1.807, 2.05) is 6.92 Å². The first-order valence-corrected chi connectivity index (χ1v) is 9.16. The molecule has 0 amide bonds. The Morgan fingerprint density at radius 1 is 1.12 bits per heavy atom. The lowest BCUT2D eigenvalue weighted by Crippen LogP contribution is -2.46. The number of nitrogens with zero attached hydrogens (tertiary/aromatic N) is 3. The summed E-state index contributed by atoms with van der Waals surface area (Å²) >= 11 is 0. The summed E-state index contributed by atoms with van der Waals surface area (Å²) in [5, 5.41) is 8.24. The highest BCUT2D eigenvalue weighted by molar-refractivity contribution is 5.50. The van der Waals surface area contributed by atoms with Gasteiger partial charge in [-0.05, 0) is 42.5 Å². The highest BCUT2D eigenvalue weighted by atomic mass is 16.5. The minimum atomic E-state index is -0.281. The quantitative estimate of drug-likeness (QED) is 0.831. The van der Waals surface area contributed by atoms with Gasteiger partial charge in [-0.25, -0.2) is 0 Å². The molecule has 2 aliphatic heterocycles. The van der Waals surface area contributed by atoms with Gasteiger partial charge in [0.1, 0.15) is 0 Å². The number of hydrogen-bond donors (Lipinski definition) is 0. The van der Waals surface area contributed by atoms with Gasteiger partial charge in [-0.1, -0.05) is 12.0 Å². The Bertz CT molecular complexity index is 781. The van der Waals surface area contributed by atoms with Crippen LogP contribution < -0.4 is 14.4 Å². The summed E-state index contributed by atoms with van der Waals surface area (Å²) in [4.78, 5) is 2.15. The number of fused-ring (bicyclic) bond motifs is 2. The number of methoxy groups -OCH3 is 2. The minimum absolute atomic E-state index is 0.281. The monoisotopic (exact) mass is 359 g/mol. The van der Waals surface area contributed by atoms with Crippen molar-refractivity contribution < 1.29 is 18.6 Å². The van der Waals surface area contributed by atoms with Crippen LogP contribution in [0.25, 0.3) is 0 Å². The van der Waals surface area contributed by atoms with Gasteiger partial charge in [0, 0.05) is 19.5 Å². The smallest absolute Gasteiger partial charge is 0.318 e. The summed E-state index contributed by atoms with van der Waals surface area (Å²) in [6.07, 6.45) is 3.40. The Hall–Kier alpha value is -2.28. The predicted octanol–water partition coefficient (Wildman–Crippen LogP) is 2.72. The Labute approximate surface area is 153 Å². The second kappa shape index (κ2) is 6.79. The van der Waals surface area contributed by atoms with Crippen LogP contribution in [0.4, 0.5) is 6.01 Å². The van der Waals surface area contributed by atoms with Crippen LogP contribution in [-0.4, -0.2) is 44.1 Å². The standard InChI is InChI=1S/C19H25N3O4/c1-4-17-20-21-18(26-17)22-8-6-19(7-9-22)14-12-16(24-3)15(23-2)11-13(14)5-10-25-19/h11-12H,4-10H2,1-3H3. The molecule has 2 aliphatic rings. The summed E-state index contributed by atoms with van der Waals surface area (Å²) in [5.74, 6) is 2.21. The van der Waals surface area contributed by atoms with Gasteiger partial charge in [-0.3, -0.25) is 0 Å². The molecule has 0 aliphatic carbocycles. The zero-order valence-corrected chi connectivity index (χ0v) is 15.6. The maximum Gasteiger partial charge on any atom is 0.318 e. The molecule has 3 heterocycles. The highest BCUT2D eigenvalue weighted by Gasteiger charge is 2.42. The fraction of sp³-hybridized carbons (Fsp3) is 0.579. The number of aryl methyl sites for hydroxylation is 1. The molecule has 2 aromatic rings. The lowest BCUT2D eigenvalue weighted by atomic mass is 9.79. The molecule has 0 bridgehead atoms. The first-order chi connectivity index (χ1) is 12.7. The van der Waals surface area contributed by atoms with Crippen molar-refractivity contribution in [3.63, 3.8) is 0 Å². The van der Waals surface area contributed by atoms with Gasteiger partial charge in [0.2, 0.25) is 5.89 Å². The van der Waals surface area contributed by atoms with Crippen molar-refractivity contribution >= 4 is 6.01 Å². The van der Waals surface area contributed by atoms with E-state index in [9.17, 15) is 0 Å². The molecule has 0 saturated carbocycles. The predicted molar refractivity (Wildman–Crippen MR) is 96.0 cm³/mol. The number of anilines is 1. The molecule has 1 saturated heterocycles. The van der Waals surface area contributed by atoms with Gasteiger partial charge in [-0.2, -0.15) is 0 Å². The number of benzene rings is 1. The van der Waals surface area contributed by atoms with Crippen LogP contribution >= 0.6 is 0 Å². The third-order valence-corrected chi connectivity index (χ3v) is 5.45. The molecule has 7 nitrogen and oxygen atoms in total. The van der Waals surface area contributed by atoms with Crippen LogP contribution in [0.2, 0.25) is 0 Å². The van der Waals surface area contributed by atoms with E-state index in [1.54, 1.807) is 14.2 Å². The van der Waals surface area contributed by atoms with E-state index < -0.39 is 0 Å². The third kappa shape index (κ3) is 2.80. The summed E-state index contributed by atoms with van der Waals surface area (Å²) < 4.78 is 23.0. The molecule has 1 aromatic carbocycles. The van der Waals surface area contributed by atoms with Crippen LogP contribution in [-0.2, 0) is 23.2 Å². The SMILES string of the molecule is CCc1nnc(N2CCC3(CC2)OCCc2cc(OC)c(OC)cc23)o1. The fourth-order valence-corrected chi connectivity index (χ4v) is 3.97. The number of hydrogen-bond acceptors (Lipinski definition) is 7. The fourth-order valence-electron chi connectivity index (χ4n) is 3.97. The molecular weight excluding hydrogens is 334 g/mol. The van der Waals surface area contributed by atoms with E-state index in [0.29, 0.717) is 11.9 Å². The normalized spacial score (nSPS) is 18.7. The van der Waals surface area contributed by atoms with Crippen molar-refractivity contribution in [3.8, 4) is 11.5 Å². The lowest BCUT2D eigenvalue weighted by Gasteiger charge is -2.44. The van der Waals surface area contributed by atoms with Gasteiger partial charge < -0.3 is 23.5 Å². The number of piperidine rings is 1. The van der Waals surface area contributed by atoms with E-state index in [4.69, 9.17) is 18.6 Å². The van der Waals surface area contributed by atoms with Crippen LogP contribution in [0.15, 0.2) is 16.5 Å². The van der Waals surface area contributed by atoms with Crippen molar-refractivity contribution in [2.45, 2.75) is 38.2 Å². The summed E-state index contributed by atoms with van der Waals surface area (Å²) in [7, 11) is 3.34. The molecule has 1 spiro atoms. The number of aromatic nitrogens is 2. The van der Waals surface area contributed by atoms with E-state index in [-0.39, 0.29) is 5.60 Å². The molecule has 1 aromatic heterocycles. The first kappa shape index (κ1) is 17.1. The number of ether oxygens (including phenoxy) is 3. The Morgan fingerprint density at radius 2 is 1.85 bits per heavy atom. The van der Waals surface area contributed by atoms with E-state index >= 15 is 0 Å². The van der Waals surface area contributed by atoms with Gasteiger partial charge in [0.25, 0.3) is 0 Å². The molecule has 7 heteroatoms. The maximum atomic E-state index is 6.33. The first-order valence-electron chi connectivity index (χ1n) is 9.16. The number of rotatable bonds is 4. The maximum absolute atomic E-state index is 6.33. The molecule has 140 valence electrons. The second-order valence-corrected chi connectivity index (χ2v) is 6.78. The van der Waals surface area contributed by atoms with Crippen molar-refractivity contribution in [3.05, 3.63) is 29.2 Å². The average Bonchev–Trinajstić information content (AvgIpc) is 3.17. The topological polar surface area (TPSA) is 69.9 Å². The minimum Gasteiger partial charge on any atom is -0.493 e. The molecule has 1 fully saturated rings. The second-order valence-electron chi connectivity index (χ2n) is 6.78. The van der Waals surface area contributed by atoms with Crippen LogP contribution in [0.1, 0.15) is 36.8 Å². The van der Waals surface area contributed by atoms with Gasteiger partial charge in [0.15, 0.2) is 11.5 Å². The molecular formula is C19H25N3O4. The average molecular weight is 359 g/mol. The van der Waals surface area contributed by atoms with Crippen molar-refractivity contribution in [1.82, 2.24) is 10.2 Å². The van der Waals surface area contributed by atoms with E-state index in [2.05, 4.69) is 27.2 Å². The Balaban J connectivity index is 1.59. The van der Waals surface area contributed by atoms with Crippen molar-refractivity contribution in [2.75, 3.05) is 38.8 Å². The van der Waals surface area contributed by atoms with Gasteiger partial charge >= 0.3 is 6.01 Å². The van der Waals surface area contributed by atoms with Crippen LogP contribution in [0, 0.1) is 0 Å². The van der Waals surface area contributed by atoms with Crippen LogP contribution in [0.5, 0.6) is 11.5 Å². The molecule has 0 atom stereocenters. The summed E-state index contributed by atoms with van der Waals surface area (Å²) in [6, 6.07) is 4.79. The lowest BCUT2D eigenvalue weighted by molar-refractivity contribution is -0.0771. The molecule has 0 radical (unpaired) electrons. The zero-order chi connectivity index (χ0) is 18.1. The molecule has 4 rings (SSSR count).